The van der Waals surface area contributed by atoms with Crippen LogP contribution in [0.4, 0.5) is 0 Å². The van der Waals surface area contributed by atoms with E-state index in [4.69, 9.17) is 9.47 Å². The molecular weight excluding hydrogens is 216 g/mol. The van der Waals surface area contributed by atoms with Gasteiger partial charge in [-0.05, 0) is 31.4 Å². The van der Waals surface area contributed by atoms with Crippen molar-refractivity contribution in [3.63, 3.8) is 0 Å². The first kappa shape index (κ1) is 14.2. The molecule has 17 heavy (non-hydrogen) atoms. The molecule has 96 valence electrons. The number of ether oxygens (including phenoxy) is 2. The molecular formula is C14H22O3. The molecule has 1 aromatic carbocycles. The van der Waals surface area contributed by atoms with Gasteiger partial charge in [-0.25, -0.2) is 0 Å². The molecule has 1 N–H and O–H groups in total. The number of benzene rings is 1. The lowest BCUT2D eigenvalue weighted by Crippen LogP contribution is -2.25. The number of hydrogen-bond acceptors (Lipinski definition) is 3. The minimum absolute atomic E-state index is 0.523. The van der Waals surface area contributed by atoms with Crippen LogP contribution in [0.2, 0.25) is 0 Å². The lowest BCUT2D eigenvalue weighted by Gasteiger charge is -2.23. The van der Waals surface area contributed by atoms with Crippen LogP contribution in [0.15, 0.2) is 24.3 Å². The number of aliphatic hydroxyl groups is 1. The van der Waals surface area contributed by atoms with Gasteiger partial charge in [0.2, 0.25) is 0 Å². The topological polar surface area (TPSA) is 38.7 Å². The SMILES string of the molecule is CCOC(OCC)C(O)c1cccc(CC)c1. The first-order valence-corrected chi connectivity index (χ1v) is 6.23. The molecule has 1 rings (SSSR count). The zero-order valence-corrected chi connectivity index (χ0v) is 10.8. The molecule has 0 fully saturated rings. The van der Waals surface area contributed by atoms with Crippen LogP contribution in [0.5, 0.6) is 0 Å². The molecule has 0 bridgehead atoms. The molecule has 1 unspecified atom stereocenters. The van der Waals surface area contributed by atoms with Crippen LogP contribution in [0.25, 0.3) is 0 Å². The molecule has 0 radical (unpaired) electrons. The predicted octanol–water partition coefficient (Wildman–Crippen LogP) is 2.68. The Bertz CT molecular complexity index is 319. The van der Waals surface area contributed by atoms with E-state index in [9.17, 15) is 5.11 Å². The Morgan fingerprint density at radius 2 is 1.76 bits per heavy atom. The minimum Gasteiger partial charge on any atom is -0.383 e. The molecule has 3 nitrogen and oxygen atoms in total. The van der Waals surface area contributed by atoms with E-state index in [0.29, 0.717) is 13.2 Å². The molecule has 0 amide bonds. The largest absolute Gasteiger partial charge is 0.383 e. The van der Waals surface area contributed by atoms with Crippen LogP contribution in [-0.2, 0) is 15.9 Å². The highest BCUT2D eigenvalue weighted by atomic mass is 16.7. The van der Waals surface area contributed by atoms with E-state index in [1.54, 1.807) is 0 Å². The summed E-state index contributed by atoms with van der Waals surface area (Å²) in [5, 5.41) is 10.2. The number of rotatable bonds is 7. The Hall–Kier alpha value is -0.900. The van der Waals surface area contributed by atoms with E-state index >= 15 is 0 Å². The van der Waals surface area contributed by atoms with E-state index < -0.39 is 12.4 Å². The average Bonchev–Trinajstić information content (AvgIpc) is 2.38. The zero-order chi connectivity index (χ0) is 12.7. The molecule has 0 aliphatic heterocycles. The van der Waals surface area contributed by atoms with E-state index in [1.165, 1.54) is 5.56 Å². The van der Waals surface area contributed by atoms with Crippen molar-refractivity contribution in [3.8, 4) is 0 Å². The first-order valence-electron chi connectivity index (χ1n) is 6.23. The third kappa shape index (κ3) is 4.11. The van der Waals surface area contributed by atoms with Gasteiger partial charge in [0.05, 0.1) is 0 Å². The molecule has 0 aliphatic rings. The summed E-state index contributed by atoms with van der Waals surface area (Å²) in [4.78, 5) is 0. The number of hydrogen-bond donors (Lipinski definition) is 1. The van der Waals surface area contributed by atoms with Crippen LogP contribution in [0.3, 0.4) is 0 Å². The van der Waals surface area contributed by atoms with Gasteiger partial charge in [-0.2, -0.15) is 0 Å². The van der Waals surface area contributed by atoms with E-state index in [-0.39, 0.29) is 0 Å². The van der Waals surface area contributed by atoms with Gasteiger partial charge in [0.25, 0.3) is 0 Å². The monoisotopic (exact) mass is 238 g/mol. The van der Waals surface area contributed by atoms with E-state index in [2.05, 4.69) is 6.92 Å². The molecule has 0 saturated heterocycles. The van der Waals surface area contributed by atoms with Gasteiger partial charge in [0, 0.05) is 13.2 Å². The Morgan fingerprint density at radius 1 is 1.12 bits per heavy atom. The summed E-state index contributed by atoms with van der Waals surface area (Å²) in [7, 11) is 0. The predicted molar refractivity (Wildman–Crippen MR) is 67.8 cm³/mol. The van der Waals surface area contributed by atoms with Crippen LogP contribution in [0.1, 0.15) is 38.0 Å². The summed E-state index contributed by atoms with van der Waals surface area (Å²) in [5.74, 6) is 0. The molecule has 0 aliphatic carbocycles. The van der Waals surface area contributed by atoms with Crippen molar-refractivity contribution >= 4 is 0 Å². The Labute approximate surface area is 103 Å². The van der Waals surface area contributed by atoms with Crippen molar-refractivity contribution in [1.29, 1.82) is 0 Å². The Morgan fingerprint density at radius 3 is 2.29 bits per heavy atom. The van der Waals surface area contributed by atoms with Crippen molar-refractivity contribution < 1.29 is 14.6 Å². The third-order valence-corrected chi connectivity index (χ3v) is 2.62. The molecule has 0 saturated carbocycles. The van der Waals surface area contributed by atoms with E-state index in [0.717, 1.165) is 12.0 Å². The van der Waals surface area contributed by atoms with Crippen LogP contribution in [0, 0.1) is 0 Å². The fourth-order valence-electron chi connectivity index (χ4n) is 1.71. The third-order valence-electron chi connectivity index (χ3n) is 2.62. The van der Waals surface area contributed by atoms with Crippen molar-refractivity contribution in [2.24, 2.45) is 0 Å². The fraction of sp³-hybridized carbons (Fsp3) is 0.571. The highest BCUT2D eigenvalue weighted by Crippen LogP contribution is 2.21. The summed E-state index contributed by atoms with van der Waals surface area (Å²) >= 11 is 0. The second kappa shape index (κ2) is 7.43. The lowest BCUT2D eigenvalue weighted by atomic mass is 10.0. The quantitative estimate of drug-likeness (QED) is 0.742. The average molecular weight is 238 g/mol. The molecule has 0 aromatic heterocycles. The Balaban J connectivity index is 2.79. The second-order valence-electron chi connectivity index (χ2n) is 3.82. The highest BCUT2D eigenvalue weighted by Gasteiger charge is 2.21. The Kier molecular flexibility index (Phi) is 6.19. The van der Waals surface area contributed by atoms with Crippen molar-refractivity contribution in [2.75, 3.05) is 13.2 Å². The summed E-state index contributed by atoms with van der Waals surface area (Å²) in [6.07, 6.45) is -0.368. The highest BCUT2D eigenvalue weighted by molar-refractivity contribution is 5.25. The van der Waals surface area contributed by atoms with E-state index in [1.807, 2.05) is 38.1 Å². The van der Waals surface area contributed by atoms with Crippen molar-refractivity contribution in [1.82, 2.24) is 0 Å². The van der Waals surface area contributed by atoms with Crippen LogP contribution in [-0.4, -0.2) is 24.6 Å². The summed E-state index contributed by atoms with van der Waals surface area (Å²) < 4.78 is 10.8. The van der Waals surface area contributed by atoms with Gasteiger partial charge >= 0.3 is 0 Å². The standard InChI is InChI=1S/C14H22O3/c1-4-11-8-7-9-12(10-11)13(15)14(16-5-2)17-6-3/h7-10,13-15H,4-6H2,1-3H3. The van der Waals surface area contributed by atoms with Crippen LogP contribution >= 0.6 is 0 Å². The molecule has 0 heterocycles. The summed E-state index contributed by atoms with van der Waals surface area (Å²) in [6.45, 7) is 6.92. The first-order chi connectivity index (χ1) is 8.22. The molecule has 0 spiro atoms. The maximum Gasteiger partial charge on any atom is 0.187 e. The smallest absolute Gasteiger partial charge is 0.187 e. The van der Waals surface area contributed by atoms with Crippen LogP contribution < -0.4 is 0 Å². The van der Waals surface area contributed by atoms with Gasteiger partial charge in [-0.3, -0.25) is 0 Å². The van der Waals surface area contributed by atoms with Gasteiger partial charge < -0.3 is 14.6 Å². The maximum atomic E-state index is 10.2. The number of aliphatic hydroxyl groups excluding tert-OH is 1. The fourth-order valence-corrected chi connectivity index (χ4v) is 1.71. The second-order valence-corrected chi connectivity index (χ2v) is 3.82. The van der Waals surface area contributed by atoms with Gasteiger partial charge in [0.1, 0.15) is 6.10 Å². The molecule has 1 atom stereocenters. The normalized spacial score (nSPS) is 13.0. The van der Waals surface area contributed by atoms with Crippen molar-refractivity contribution in [2.45, 2.75) is 39.6 Å². The summed E-state index contributed by atoms with van der Waals surface area (Å²) in [6, 6.07) is 7.89. The summed E-state index contributed by atoms with van der Waals surface area (Å²) in [5.41, 5.74) is 2.05. The maximum absolute atomic E-state index is 10.2. The zero-order valence-electron chi connectivity index (χ0n) is 10.8. The number of aryl methyl sites for hydroxylation is 1. The van der Waals surface area contributed by atoms with Crippen molar-refractivity contribution in [3.05, 3.63) is 35.4 Å². The van der Waals surface area contributed by atoms with Gasteiger partial charge in [-0.15, -0.1) is 0 Å². The minimum atomic E-state index is -0.735. The lowest BCUT2D eigenvalue weighted by molar-refractivity contribution is -0.191. The molecule has 1 aromatic rings. The van der Waals surface area contributed by atoms with Gasteiger partial charge in [0.15, 0.2) is 6.29 Å². The molecule has 3 heteroatoms. The van der Waals surface area contributed by atoms with Gasteiger partial charge in [-0.1, -0.05) is 31.2 Å².